The lowest BCUT2D eigenvalue weighted by Crippen LogP contribution is -2.25. The van der Waals surface area contributed by atoms with E-state index in [1.54, 1.807) is 12.1 Å². The Bertz CT molecular complexity index is 248. The number of ether oxygens (including phenoxy) is 2. The first-order chi connectivity index (χ1) is 5.77. The van der Waals surface area contributed by atoms with Crippen LogP contribution in [0.2, 0.25) is 0 Å². The van der Waals surface area contributed by atoms with Gasteiger partial charge in [-0.25, -0.2) is 0 Å². The highest BCUT2D eigenvalue weighted by atomic mass is 16.7. The van der Waals surface area contributed by atoms with Crippen LogP contribution in [-0.2, 0) is 9.47 Å². The van der Waals surface area contributed by atoms with Crippen LogP contribution in [0.4, 0.5) is 0 Å². The van der Waals surface area contributed by atoms with Crippen molar-refractivity contribution in [3.63, 3.8) is 0 Å². The molecule has 0 saturated heterocycles. The van der Waals surface area contributed by atoms with Crippen molar-refractivity contribution in [2.24, 2.45) is 0 Å². The summed E-state index contributed by atoms with van der Waals surface area (Å²) in [7, 11) is 3.05. The molecule has 1 rings (SSSR count). The lowest BCUT2D eigenvalue weighted by Gasteiger charge is -2.11. The Balaban J connectivity index is 2.85. The molecule has 0 fully saturated rings. The number of methoxy groups -OCH3 is 2. The number of rotatable bonds is 3. The standard InChI is InChI=1S/C8H11NO3/c1-11-8(12-2)7-4-3-5-9(10)6-7/h3-6,8H,1-2H3. The van der Waals surface area contributed by atoms with Gasteiger partial charge in [-0.15, -0.1) is 0 Å². The lowest BCUT2D eigenvalue weighted by atomic mass is 10.3. The Morgan fingerprint density at radius 1 is 1.42 bits per heavy atom. The van der Waals surface area contributed by atoms with Crippen molar-refractivity contribution in [3.8, 4) is 0 Å². The van der Waals surface area contributed by atoms with E-state index in [1.165, 1.54) is 26.6 Å². The Morgan fingerprint density at radius 3 is 2.58 bits per heavy atom. The Morgan fingerprint density at radius 2 is 2.08 bits per heavy atom. The third-order valence-corrected chi connectivity index (χ3v) is 1.50. The van der Waals surface area contributed by atoms with Gasteiger partial charge in [0.15, 0.2) is 18.7 Å². The van der Waals surface area contributed by atoms with Gasteiger partial charge < -0.3 is 14.7 Å². The van der Waals surface area contributed by atoms with Gasteiger partial charge >= 0.3 is 0 Å². The van der Waals surface area contributed by atoms with E-state index in [9.17, 15) is 5.21 Å². The van der Waals surface area contributed by atoms with Crippen LogP contribution in [0.5, 0.6) is 0 Å². The molecule has 0 bridgehead atoms. The van der Waals surface area contributed by atoms with Crippen LogP contribution in [0.25, 0.3) is 0 Å². The highest BCUT2D eigenvalue weighted by Crippen LogP contribution is 2.13. The number of hydrogen-bond acceptors (Lipinski definition) is 3. The van der Waals surface area contributed by atoms with Gasteiger partial charge in [-0.05, 0) is 6.07 Å². The van der Waals surface area contributed by atoms with Gasteiger partial charge in [0.1, 0.15) is 0 Å². The maximum absolute atomic E-state index is 10.8. The Kier molecular flexibility index (Phi) is 3.01. The van der Waals surface area contributed by atoms with Crippen LogP contribution < -0.4 is 4.73 Å². The van der Waals surface area contributed by atoms with Gasteiger partial charge in [0.05, 0.1) is 5.56 Å². The van der Waals surface area contributed by atoms with Crippen molar-refractivity contribution < 1.29 is 14.2 Å². The smallest absolute Gasteiger partial charge is 0.188 e. The van der Waals surface area contributed by atoms with Gasteiger partial charge in [-0.3, -0.25) is 0 Å². The van der Waals surface area contributed by atoms with E-state index in [2.05, 4.69) is 0 Å². The molecule has 0 saturated carbocycles. The summed E-state index contributed by atoms with van der Waals surface area (Å²) >= 11 is 0. The highest BCUT2D eigenvalue weighted by Gasteiger charge is 2.10. The first kappa shape index (κ1) is 8.96. The fourth-order valence-electron chi connectivity index (χ4n) is 0.980. The Hall–Kier alpha value is -1.13. The summed E-state index contributed by atoms with van der Waals surface area (Å²) < 4.78 is 10.6. The number of aromatic nitrogens is 1. The average molecular weight is 169 g/mol. The second-order valence-electron chi connectivity index (χ2n) is 2.30. The van der Waals surface area contributed by atoms with Gasteiger partial charge in [0, 0.05) is 20.3 Å². The summed E-state index contributed by atoms with van der Waals surface area (Å²) in [6.07, 6.45) is 2.36. The molecule has 12 heavy (non-hydrogen) atoms. The van der Waals surface area contributed by atoms with Crippen LogP contribution in [0.15, 0.2) is 24.5 Å². The van der Waals surface area contributed by atoms with Crippen molar-refractivity contribution in [2.75, 3.05) is 14.2 Å². The van der Waals surface area contributed by atoms with Gasteiger partial charge in [-0.1, -0.05) is 0 Å². The third-order valence-electron chi connectivity index (χ3n) is 1.50. The molecule has 4 nitrogen and oxygen atoms in total. The fourth-order valence-corrected chi connectivity index (χ4v) is 0.980. The molecule has 0 aliphatic carbocycles. The number of nitrogens with zero attached hydrogens (tertiary/aromatic N) is 1. The topological polar surface area (TPSA) is 45.4 Å². The second kappa shape index (κ2) is 4.04. The summed E-state index contributed by atoms with van der Waals surface area (Å²) in [5, 5.41) is 10.8. The van der Waals surface area contributed by atoms with E-state index in [4.69, 9.17) is 9.47 Å². The van der Waals surface area contributed by atoms with Gasteiger partial charge in [-0.2, -0.15) is 4.73 Å². The molecule has 1 aromatic rings. The quantitative estimate of drug-likeness (QED) is 0.378. The molecule has 0 radical (unpaired) electrons. The summed E-state index contributed by atoms with van der Waals surface area (Å²) in [5.41, 5.74) is 0.706. The van der Waals surface area contributed by atoms with E-state index in [0.717, 1.165) is 0 Å². The summed E-state index contributed by atoms with van der Waals surface area (Å²) in [6, 6.07) is 3.42. The average Bonchev–Trinajstić information content (AvgIpc) is 2.07. The largest absolute Gasteiger partial charge is 0.619 e. The molecule has 0 spiro atoms. The third kappa shape index (κ3) is 1.93. The van der Waals surface area contributed by atoms with E-state index in [1.807, 2.05) is 0 Å². The maximum Gasteiger partial charge on any atom is 0.188 e. The van der Waals surface area contributed by atoms with Gasteiger partial charge in [0.25, 0.3) is 0 Å². The van der Waals surface area contributed by atoms with Crippen LogP contribution in [0.3, 0.4) is 0 Å². The number of pyridine rings is 1. The SMILES string of the molecule is COC(OC)c1ccc[n+]([O-])c1. The van der Waals surface area contributed by atoms with E-state index >= 15 is 0 Å². The van der Waals surface area contributed by atoms with Crippen LogP contribution in [-0.4, -0.2) is 14.2 Å². The van der Waals surface area contributed by atoms with Crippen molar-refractivity contribution >= 4 is 0 Å². The molecule has 0 N–H and O–H groups in total. The van der Waals surface area contributed by atoms with E-state index < -0.39 is 6.29 Å². The van der Waals surface area contributed by atoms with Crippen LogP contribution >= 0.6 is 0 Å². The normalized spacial score (nSPS) is 10.6. The first-order valence-electron chi connectivity index (χ1n) is 3.52. The summed E-state index contributed by atoms with van der Waals surface area (Å²) in [6.45, 7) is 0. The van der Waals surface area contributed by atoms with Crippen LogP contribution in [0.1, 0.15) is 11.9 Å². The summed E-state index contributed by atoms with van der Waals surface area (Å²) in [4.78, 5) is 0. The number of hydrogen-bond donors (Lipinski definition) is 0. The second-order valence-corrected chi connectivity index (χ2v) is 2.30. The van der Waals surface area contributed by atoms with Crippen molar-refractivity contribution in [3.05, 3.63) is 35.3 Å². The minimum absolute atomic E-state index is 0.466. The van der Waals surface area contributed by atoms with E-state index in [0.29, 0.717) is 10.3 Å². The zero-order valence-corrected chi connectivity index (χ0v) is 7.06. The molecular weight excluding hydrogens is 158 g/mol. The molecule has 0 atom stereocenters. The molecule has 4 heteroatoms. The minimum atomic E-state index is -0.466. The molecule has 0 amide bonds. The molecule has 0 aliphatic rings. The highest BCUT2D eigenvalue weighted by molar-refractivity contribution is 5.06. The minimum Gasteiger partial charge on any atom is -0.619 e. The fraction of sp³-hybridized carbons (Fsp3) is 0.375. The van der Waals surface area contributed by atoms with E-state index in [-0.39, 0.29) is 0 Å². The molecule has 1 heterocycles. The predicted molar refractivity (Wildman–Crippen MR) is 42.2 cm³/mol. The van der Waals surface area contributed by atoms with Crippen molar-refractivity contribution in [1.82, 2.24) is 0 Å². The van der Waals surface area contributed by atoms with Crippen molar-refractivity contribution in [2.45, 2.75) is 6.29 Å². The zero-order valence-electron chi connectivity index (χ0n) is 7.06. The molecule has 66 valence electrons. The first-order valence-corrected chi connectivity index (χ1v) is 3.52. The molecule has 0 unspecified atom stereocenters. The molecule has 0 aliphatic heterocycles. The molecule has 0 aromatic carbocycles. The maximum atomic E-state index is 10.8. The van der Waals surface area contributed by atoms with Crippen molar-refractivity contribution in [1.29, 1.82) is 0 Å². The lowest BCUT2D eigenvalue weighted by molar-refractivity contribution is -0.606. The zero-order chi connectivity index (χ0) is 8.97. The Labute approximate surface area is 70.9 Å². The molecular formula is C8H11NO3. The summed E-state index contributed by atoms with van der Waals surface area (Å²) in [5.74, 6) is 0. The van der Waals surface area contributed by atoms with Gasteiger partial charge in [0.2, 0.25) is 0 Å². The van der Waals surface area contributed by atoms with Crippen LogP contribution in [0, 0.1) is 5.21 Å². The monoisotopic (exact) mass is 169 g/mol. The molecule has 1 aromatic heterocycles. The predicted octanol–water partition coefficient (Wildman–Crippen LogP) is 0.611.